The maximum atomic E-state index is 14.1. The molecule has 0 bridgehead atoms. The van der Waals surface area contributed by atoms with Gasteiger partial charge >= 0.3 is 0 Å². The van der Waals surface area contributed by atoms with Crippen LogP contribution in [0.3, 0.4) is 0 Å². The van der Waals surface area contributed by atoms with Crippen LogP contribution in [-0.2, 0) is 45.4 Å². The molecular formula is C96H97F6IN8O16. The van der Waals surface area contributed by atoms with Gasteiger partial charge in [0.05, 0.1) is 108 Å². The first-order valence-electron chi connectivity index (χ1n) is 40.1. The van der Waals surface area contributed by atoms with Gasteiger partial charge in [0.25, 0.3) is 0 Å². The number of carbonyl (C=O) groups excluding carboxylic acids is 4. The molecule has 0 fully saturated rings. The molecule has 4 heterocycles. The molecule has 0 unspecified atom stereocenters. The summed E-state index contributed by atoms with van der Waals surface area (Å²) in [7, 11) is 6.21. The van der Waals surface area contributed by atoms with Gasteiger partial charge in [-0.25, -0.2) is 28.7 Å². The Kier molecular flexibility index (Phi) is 39.3. The van der Waals surface area contributed by atoms with Crippen molar-refractivity contribution in [2.24, 2.45) is 0 Å². The highest BCUT2D eigenvalue weighted by Crippen LogP contribution is 2.40. The number of methoxy groups -OCH3 is 4. The molecule has 0 saturated heterocycles. The number of alkyl halides is 4. The molecule has 12 aromatic rings. The molecule has 24 nitrogen and oxygen atoms in total. The second kappa shape index (κ2) is 51.4. The molecule has 0 aliphatic rings. The number of ether oxygens (including phenoxy) is 12. The van der Waals surface area contributed by atoms with Crippen LogP contribution in [0.1, 0.15) is 75.6 Å². The fraction of sp³-hybridized carbons (Fsp3) is 0.250. The fourth-order valence-corrected chi connectivity index (χ4v) is 12.4. The number of para-hydroxylation sites is 2. The highest BCUT2D eigenvalue weighted by Gasteiger charge is 2.27. The third-order valence-electron chi connectivity index (χ3n) is 18.3. The Bertz CT molecular complexity index is 5320. The van der Waals surface area contributed by atoms with Gasteiger partial charge in [-0.15, -0.1) is 0 Å². The molecule has 666 valence electrons. The topological polar surface area (TPSA) is 244 Å². The van der Waals surface area contributed by atoms with Crippen molar-refractivity contribution >= 4 is 69.0 Å². The van der Waals surface area contributed by atoms with Crippen LogP contribution in [-0.4, -0.2) is 125 Å². The lowest BCUT2D eigenvalue weighted by atomic mass is 10.1. The van der Waals surface area contributed by atoms with E-state index >= 15 is 0 Å². The Balaban J connectivity index is 0.000000191. The minimum absolute atomic E-state index is 0.00687. The summed E-state index contributed by atoms with van der Waals surface area (Å²) < 4.78 is 146. The number of hydrogen-bond donors (Lipinski definition) is 0. The van der Waals surface area contributed by atoms with Gasteiger partial charge in [0.2, 0.25) is 47.1 Å². The predicted molar refractivity (Wildman–Crippen MR) is 479 cm³/mol. The van der Waals surface area contributed by atoms with E-state index in [0.29, 0.717) is 122 Å². The molecule has 4 amide bonds. The minimum Gasteiger partial charge on any atom is -0.497 e. The van der Waals surface area contributed by atoms with E-state index in [4.69, 9.17) is 56.8 Å². The Morgan fingerprint density at radius 3 is 0.858 bits per heavy atom. The van der Waals surface area contributed by atoms with Crippen LogP contribution in [0.5, 0.6) is 92.5 Å². The first-order chi connectivity index (χ1) is 61.7. The molecule has 8 aromatic carbocycles. The number of halogens is 7. The molecule has 0 aliphatic carbocycles. The van der Waals surface area contributed by atoms with Crippen LogP contribution in [0.4, 0.5) is 49.1 Å². The average molecular weight is 1860 g/mol. The van der Waals surface area contributed by atoms with Crippen molar-refractivity contribution < 1.29 is 102 Å². The minimum atomic E-state index is -0.546. The molecule has 0 aliphatic heterocycles. The fourth-order valence-electron chi connectivity index (χ4n) is 12.0. The van der Waals surface area contributed by atoms with Crippen LogP contribution in [0.25, 0.3) is 0 Å². The van der Waals surface area contributed by atoms with E-state index in [-0.39, 0.29) is 112 Å². The molecular weight excluding hydrogens is 1760 g/mol. The number of anilines is 4. The van der Waals surface area contributed by atoms with Gasteiger partial charge in [-0.1, -0.05) is 30.3 Å². The summed E-state index contributed by atoms with van der Waals surface area (Å²) in [6.07, 6.45) is 7.36. The van der Waals surface area contributed by atoms with E-state index in [9.17, 15) is 45.5 Å². The van der Waals surface area contributed by atoms with E-state index in [1.165, 1.54) is 93.4 Å². The molecule has 0 saturated carbocycles. The van der Waals surface area contributed by atoms with Gasteiger partial charge in [-0.2, -0.15) is 0 Å². The van der Waals surface area contributed by atoms with Crippen LogP contribution < -0.4 is 76.4 Å². The Morgan fingerprint density at radius 1 is 0.307 bits per heavy atom. The van der Waals surface area contributed by atoms with Gasteiger partial charge in [-0.3, -0.25) is 36.7 Å². The molecule has 0 N–H and O–H groups in total. The second-order valence-corrected chi connectivity index (χ2v) is 28.5. The van der Waals surface area contributed by atoms with Crippen molar-refractivity contribution in [1.82, 2.24) is 19.9 Å². The van der Waals surface area contributed by atoms with Crippen LogP contribution in [0.15, 0.2) is 249 Å². The number of benzene rings is 8. The predicted octanol–water partition coefficient (Wildman–Crippen LogP) is 21.6. The maximum absolute atomic E-state index is 14.1. The first kappa shape index (κ1) is 97.0. The normalized spacial score (nSPS) is 10.5. The van der Waals surface area contributed by atoms with Crippen LogP contribution >= 0.6 is 22.6 Å². The lowest BCUT2D eigenvalue weighted by molar-refractivity contribution is -0.117. The lowest BCUT2D eigenvalue weighted by Gasteiger charge is -2.24. The molecule has 0 spiro atoms. The van der Waals surface area contributed by atoms with E-state index in [0.717, 1.165) is 14.7 Å². The number of nitrogens with zero attached hydrogens (tertiary/aromatic N) is 8. The third kappa shape index (κ3) is 30.0. The van der Waals surface area contributed by atoms with E-state index in [1.807, 2.05) is 54.6 Å². The monoisotopic (exact) mass is 1860 g/mol. The van der Waals surface area contributed by atoms with Gasteiger partial charge in [-0.05, 0) is 217 Å². The molecule has 31 heteroatoms. The smallest absolute Gasteiger partial charge is 0.243 e. The van der Waals surface area contributed by atoms with E-state index in [1.54, 1.807) is 177 Å². The van der Waals surface area contributed by atoms with Crippen molar-refractivity contribution in [3.05, 3.63) is 287 Å². The zero-order chi connectivity index (χ0) is 90.8. The molecule has 4 aromatic heterocycles. The summed E-state index contributed by atoms with van der Waals surface area (Å²) in [4.78, 5) is 73.6. The third-order valence-corrected chi connectivity index (χ3v) is 19.0. The summed E-state index contributed by atoms with van der Waals surface area (Å²) in [5.41, 5.74) is 4.62. The molecule has 0 atom stereocenters. The largest absolute Gasteiger partial charge is 0.497 e. The summed E-state index contributed by atoms with van der Waals surface area (Å²) in [6.45, 7) is 5.45. The number of pyridine rings is 4. The van der Waals surface area contributed by atoms with Gasteiger partial charge in [0.1, 0.15) is 91.8 Å². The summed E-state index contributed by atoms with van der Waals surface area (Å²) in [6, 6.07) is 63.0. The highest BCUT2D eigenvalue weighted by molar-refractivity contribution is 14.1. The lowest BCUT2D eigenvalue weighted by Crippen LogP contribution is -2.28. The summed E-state index contributed by atoms with van der Waals surface area (Å²) in [5, 5.41) is 0. The SMILES string of the molecule is COc1ccc(OCCCF)c(CN(C(C)=O)c2cccnc2Oc2ccc(F)cc2)c1.COc1ccc(OCCCF)c(CN(C(C)=O)c2cccnc2Oc2ccc(I)cc2)c1.COc1ccc(OCCCF)c(CN(C(C)=O)c2cccnc2Oc2ccccc2)c1.COc1ccc(OCCCF)c(CN(C(C)=O)c2cccnc2Oc2ccccc2F)c1. The highest BCUT2D eigenvalue weighted by atomic mass is 127. The van der Waals surface area contributed by atoms with E-state index in [2.05, 4.69) is 42.5 Å². The van der Waals surface area contributed by atoms with Crippen molar-refractivity contribution in [1.29, 1.82) is 0 Å². The van der Waals surface area contributed by atoms with Crippen molar-refractivity contribution in [2.45, 2.75) is 79.6 Å². The van der Waals surface area contributed by atoms with Gasteiger partial charge in [0.15, 0.2) is 11.6 Å². The van der Waals surface area contributed by atoms with Crippen molar-refractivity contribution in [3.8, 4) is 92.5 Å². The standard InChI is InChI=1S/2C24H24F2N2O4.C24H24FIN2O4.C24H25FN2O4/c1-17(29)28(16-18-15-21(30-2)10-11-23(18)31-14-4-12-25)22-5-3-13-27-24(22)32-20-8-6-19(26)7-9-20;1-17(29)28(16-18-15-19(30-2)10-11-22(18)31-14-6-12-25)21-8-5-13-27-24(21)32-23-9-4-3-7-20(23)26;1-17(29)28(16-18-15-21(30-2)10-11-23(18)31-14-4-12-25)22-5-3-13-27-24(22)32-20-8-6-19(26)7-9-20;1-18(28)27(17-19-16-21(29-2)11-12-23(19)30-15-7-13-25)22-10-6-14-26-24(22)31-20-8-4-3-5-9-20/h3,5-11,13,15H,4,12,14,16H2,1-2H3;3-5,7-11,13,15H,6,12,14,16H2,1-2H3;3,5-11,13,15H,4,12,14,16H2,1-2H3;3-6,8-12,14,16H,7,13,15,17H2,1-2H3. The van der Waals surface area contributed by atoms with Crippen molar-refractivity contribution in [2.75, 3.05) is 101 Å². The summed E-state index contributed by atoms with van der Waals surface area (Å²) >= 11 is 2.22. The Labute approximate surface area is 746 Å². The molecule has 127 heavy (non-hydrogen) atoms. The Morgan fingerprint density at radius 2 is 0.575 bits per heavy atom. The molecule has 0 radical (unpaired) electrons. The van der Waals surface area contributed by atoms with Gasteiger partial charge in [0, 0.05) is 104 Å². The Hall–Kier alpha value is -13.9. The quantitative estimate of drug-likeness (QED) is 0.0197. The number of aromatic nitrogens is 4. The van der Waals surface area contributed by atoms with E-state index < -0.39 is 32.5 Å². The first-order valence-corrected chi connectivity index (χ1v) is 41.1. The van der Waals surface area contributed by atoms with Gasteiger partial charge < -0.3 is 76.4 Å². The second-order valence-electron chi connectivity index (χ2n) is 27.2. The maximum Gasteiger partial charge on any atom is 0.243 e. The molecule has 12 rings (SSSR count). The summed E-state index contributed by atoms with van der Waals surface area (Å²) in [5.74, 6) is 5.23. The zero-order valence-electron chi connectivity index (χ0n) is 71.2. The number of carbonyl (C=O) groups is 4. The van der Waals surface area contributed by atoms with Crippen LogP contribution in [0.2, 0.25) is 0 Å². The number of hydrogen-bond acceptors (Lipinski definition) is 20. The zero-order valence-corrected chi connectivity index (χ0v) is 73.4. The number of amides is 4. The van der Waals surface area contributed by atoms with Crippen LogP contribution in [0, 0.1) is 15.2 Å². The average Bonchev–Trinajstić information content (AvgIpc) is 0.822. The van der Waals surface area contributed by atoms with Crippen molar-refractivity contribution in [3.63, 3.8) is 0 Å². The number of rotatable bonds is 40.